The number of carboxylic acids is 2. The molecule has 5 aliphatic heterocycles. The highest BCUT2D eigenvalue weighted by Gasteiger charge is 2.44. The number of hydrogen-bond acceptors (Lipinski definition) is 19. The van der Waals surface area contributed by atoms with Gasteiger partial charge in [0.05, 0.1) is 69.3 Å². The third-order valence-corrected chi connectivity index (χ3v) is 35.5. The van der Waals surface area contributed by atoms with Crippen LogP contribution in [0.4, 0.5) is 45.5 Å². The summed E-state index contributed by atoms with van der Waals surface area (Å²) in [5.41, 5.74) is 15.3. The molecule has 31 heteroatoms. The number of benzene rings is 10. The quantitative estimate of drug-likeness (QED) is 0.0144. The predicted octanol–water partition coefficient (Wildman–Crippen LogP) is 23.3. The minimum Gasteiger partial charge on any atom is -0.478 e. The van der Waals surface area contributed by atoms with E-state index in [1.165, 1.54) is 17.0 Å². The van der Waals surface area contributed by atoms with Crippen LogP contribution in [-0.4, -0.2) is 193 Å². The summed E-state index contributed by atoms with van der Waals surface area (Å²) in [5, 5.41) is 58.0. The zero-order valence-electron chi connectivity index (χ0n) is 79.9. The Morgan fingerprint density at radius 3 is 1.19 bits per heavy atom. The molecule has 4 atom stereocenters. The molecule has 0 unspecified atom stereocenters. The fourth-order valence-corrected chi connectivity index (χ4v) is 27.0. The molecule has 25 nitrogen and oxygen atoms in total. The van der Waals surface area contributed by atoms with E-state index in [2.05, 4.69) is 115 Å². The molecule has 3 N–H and O–H groups in total. The van der Waals surface area contributed by atoms with E-state index in [4.69, 9.17) is 32.2 Å². The number of nitro groups is 2. The number of carboxylic acid groups (broad SMARTS) is 2. The van der Waals surface area contributed by atoms with E-state index >= 15 is 0 Å². The number of anilines is 6. The molecule has 12 aromatic rings. The Kier molecular flexibility index (Phi) is 32.8. The highest BCUT2D eigenvalue weighted by atomic mass is 35.5. The molecule has 17 rings (SSSR count). The van der Waals surface area contributed by atoms with Crippen molar-refractivity contribution in [1.29, 1.82) is 0 Å². The molecule has 5 aliphatic rings. The van der Waals surface area contributed by atoms with E-state index in [0.717, 1.165) is 188 Å². The third-order valence-electron chi connectivity index (χ3n) is 27.4. The summed E-state index contributed by atoms with van der Waals surface area (Å²) >= 11 is 16.1. The van der Waals surface area contributed by atoms with E-state index in [1.54, 1.807) is 57.1 Å². The van der Waals surface area contributed by atoms with Gasteiger partial charge >= 0.3 is 27.0 Å². The van der Waals surface area contributed by atoms with Crippen LogP contribution in [0.5, 0.6) is 0 Å². The monoisotopic (exact) mass is 1990 g/mol. The van der Waals surface area contributed by atoms with Crippen molar-refractivity contribution in [3.8, 4) is 44.8 Å². The van der Waals surface area contributed by atoms with Crippen molar-refractivity contribution in [3.63, 3.8) is 0 Å². The third kappa shape index (κ3) is 23.1. The molecule has 5 fully saturated rings. The van der Waals surface area contributed by atoms with Crippen LogP contribution in [0.25, 0.3) is 44.8 Å². The summed E-state index contributed by atoms with van der Waals surface area (Å²) in [7, 11) is -3.26. The van der Waals surface area contributed by atoms with Crippen molar-refractivity contribution in [2.75, 3.05) is 166 Å². The van der Waals surface area contributed by atoms with Gasteiger partial charge in [-0.2, -0.15) is 0 Å². The molecular weight excluding hydrogens is 1870 g/mol. The summed E-state index contributed by atoms with van der Waals surface area (Å²) in [6.45, 7) is 23.2. The minimum atomic E-state index is -3.68. The van der Waals surface area contributed by atoms with Gasteiger partial charge in [-0.25, -0.2) is 9.59 Å². The van der Waals surface area contributed by atoms with Gasteiger partial charge in [0.25, 0.3) is 11.4 Å². The number of aliphatic hydroxyl groups excluding tert-OH is 1. The predicted molar refractivity (Wildman–Crippen MR) is 567 cm³/mol. The number of piperidine rings is 1. The lowest BCUT2D eigenvalue weighted by molar-refractivity contribution is -0.385. The molecule has 0 spiro atoms. The molecule has 10 aromatic carbocycles. The minimum absolute atomic E-state index is 0.0184. The fraction of sp³-hybridized carbons (Fsp3) is 0.352. The number of likely N-dealkylation sites (tertiary alicyclic amines) is 1. The number of aromatic nitrogens is 2. The number of piperazine rings is 2. The number of carbonyl (C=O) groups is 2. The number of nitrogens with zero attached hydrogens (tertiary/aromatic N) is 12. The van der Waals surface area contributed by atoms with Crippen molar-refractivity contribution in [1.82, 2.24) is 18.9 Å². The van der Waals surface area contributed by atoms with Crippen molar-refractivity contribution in [2.45, 2.75) is 102 Å². The van der Waals surface area contributed by atoms with Crippen molar-refractivity contribution in [3.05, 3.63) is 307 Å². The van der Waals surface area contributed by atoms with Gasteiger partial charge in [0, 0.05) is 182 Å². The van der Waals surface area contributed by atoms with E-state index in [1.807, 2.05) is 186 Å². The van der Waals surface area contributed by atoms with Crippen LogP contribution < -0.4 is 39.5 Å². The fourth-order valence-electron chi connectivity index (χ4n) is 20.2. The van der Waals surface area contributed by atoms with Crippen LogP contribution in [0.3, 0.4) is 0 Å². The second-order valence-corrected chi connectivity index (χ2v) is 45.0. The SMILES string of the molecule is Cc1c(C(=O)O)c(-c2cccc(N3CCN(c4ccc(N5CCO[P@@]5(=O)c5ccc(C[C@H](CCN(C)C)CSc6ccccc6)c([N+](=O)[O-])c5)cc4)CC3)c2)c(-c2ccc(Cl)cc2)n1C(C)C.Cc1c(C(=O)O)c(-c2cccc(N3CCN(c4ccc(N5CCO[P@@]5(=O)c5ccc(C[C@H](CCN6CCC(CO)CC6)CSc6ccccc6)c([N+](=O)[O-])c5)cc4)CC3)c2)c(-c2ccc(Cl)cc2)n1C(C)C. The average Bonchev–Trinajstić information content (AvgIpc) is 1.60. The maximum absolute atomic E-state index is 14.9. The Labute approximate surface area is 833 Å². The number of thioether (sulfide) groups is 2. The van der Waals surface area contributed by atoms with Gasteiger partial charge in [-0.05, 0) is 294 Å². The molecule has 728 valence electrons. The molecule has 0 amide bonds. The van der Waals surface area contributed by atoms with Crippen molar-refractivity contribution >= 4 is 130 Å². The molecular formula is C108H122Cl2N12O13P2S2. The summed E-state index contributed by atoms with van der Waals surface area (Å²) in [4.78, 5) is 66.7. The Morgan fingerprint density at radius 1 is 0.460 bits per heavy atom. The molecule has 0 aliphatic carbocycles. The van der Waals surface area contributed by atoms with E-state index in [-0.39, 0.29) is 65.0 Å². The first-order valence-corrected chi connectivity index (χ1v) is 53.7. The Balaban J connectivity index is 0.000000201. The van der Waals surface area contributed by atoms with E-state index in [9.17, 15) is 54.3 Å². The summed E-state index contributed by atoms with van der Waals surface area (Å²) in [5.74, 6) is 0.427. The number of hydrogen-bond donors (Lipinski definition) is 3. The van der Waals surface area contributed by atoms with Gasteiger partial charge in [0.15, 0.2) is 0 Å². The standard InChI is InChI=1S/C56H64ClN6O7PS.C52H58ClN6O6PS/c1-39(2)62-40(3)53(56(65)66)54(55(62)43-12-15-46(57)16-13-43)45-8-7-9-49(35-45)60-30-28-59(29-31-60)47-17-19-48(20-18-47)61-32-33-70-71(61,69)50-21-14-44(52(36-50)63(67)68)34-42(38-72-51-10-5-4-6-11-51)24-27-58-25-22-41(37-64)23-26-58;1-36(2)58-37(3)49(52(60)61)50(51(58)39-14-17-42(53)18-15-39)41-10-9-11-45(33-41)56-28-26-55(27-29-56)43-19-21-44(22-20-43)57-30-31-65-66(57,64)46-23-16-40(48(34-46)59(62)63)32-38(24-25-54(4)5)35-67-47-12-7-6-8-13-47/h4-21,35-36,39,41-42,64H,22-34,37-38H2,1-3H3,(H,65,66);6-23,33-34,36,38H,24-32,35H2,1-5H3,(H,60,61)/t42-,71-;38-,66-/m00/s1. The Bertz CT molecular complexity index is 6440. The summed E-state index contributed by atoms with van der Waals surface area (Å²) in [6.07, 6.45) is 4.79. The summed E-state index contributed by atoms with van der Waals surface area (Å²) in [6, 6.07) is 77.9. The maximum Gasteiger partial charge on any atom is 0.338 e. The molecule has 0 radical (unpaired) electrons. The van der Waals surface area contributed by atoms with Gasteiger partial charge < -0.3 is 62.9 Å². The largest absolute Gasteiger partial charge is 0.478 e. The van der Waals surface area contributed by atoms with Crippen molar-refractivity contribution in [2.24, 2.45) is 17.8 Å². The highest BCUT2D eigenvalue weighted by Crippen LogP contribution is 2.58. The van der Waals surface area contributed by atoms with Crippen LogP contribution >= 0.6 is 61.8 Å². The maximum atomic E-state index is 14.9. The van der Waals surface area contributed by atoms with Crippen LogP contribution in [-0.2, 0) is 31.0 Å². The molecule has 2 aromatic heterocycles. The Hall–Kier alpha value is -11.2. The van der Waals surface area contributed by atoms with E-state index < -0.39 is 27.0 Å². The van der Waals surface area contributed by atoms with Crippen molar-refractivity contribution < 1.29 is 52.9 Å². The smallest absolute Gasteiger partial charge is 0.338 e. The molecule has 0 bridgehead atoms. The zero-order chi connectivity index (χ0) is 97.9. The lowest BCUT2D eigenvalue weighted by Crippen LogP contribution is -2.46. The van der Waals surface area contributed by atoms with Gasteiger partial charge in [-0.15, -0.1) is 23.5 Å². The van der Waals surface area contributed by atoms with Crippen LogP contribution in [0.1, 0.15) is 109 Å². The zero-order valence-corrected chi connectivity index (χ0v) is 84.8. The first-order chi connectivity index (χ1) is 67.0. The number of nitro benzene ring substituents is 2. The first-order valence-electron chi connectivity index (χ1n) is 47.9. The lowest BCUT2D eigenvalue weighted by Gasteiger charge is -2.37. The molecule has 5 saturated heterocycles. The lowest BCUT2D eigenvalue weighted by atomic mass is 9.94. The van der Waals surface area contributed by atoms with Gasteiger partial charge in [-0.1, -0.05) is 120 Å². The van der Waals surface area contributed by atoms with Crippen LogP contribution in [0, 0.1) is 51.8 Å². The second kappa shape index (κ2) is 45.2. The van der Waals surface area contributed by atoms with Crippen LogP contribution in [0.2, 0.25) is 10.0 Å². The number of halogens is 2. The average molecular weight is 1990 g/mol. The second-order valence-electron chi connectivity index (χ2n) is 37.3. The molecule has 0 saturated carbocycles. The molecule has 139 heavy (non-hydrogen) atoms. The Morgan fingerprint density at radius 2 is 0.835 bits per heavy atom. The normalized spacial score (nSPS) is 17.6. The van der Waals surface area contributed by atoms with E-state index in [0.29, 0.717) is 97.3 Å². The van der Waals surface area contributed by atoms with Gasteiger partial charge in [0.1, 0.15) is 0 Å². The highest BCUT2D eigenvalue weighted by molar-refractivity contribution is 7.99. The number of aromatic carboxylic acids is 2. The van der Waals surface area contributed by atoms with Crippen LogP contribution in [0.15, 0.2) is 252 Å². The van der Waals surface area contributed by atoms with Gasteiger partial charge in [0.2, 0.25) is 0 Å². The topological polar surface area (TPSA) is 269 Å². The number of rotatable bonds is 35. The molecule has 7 heterocycles. The number of aliphatic hydroxyl groups is 1. The first kappa shape index (κ1) is 101. The summed E-state index contributed by atoms with van der Waals surface area (Å²) < 4.78 is 49.5. The van der Waals surface area contributed by atoms with Gasteiger partial charge in [-0.3, -0.25) is 38.7 Å².